The number of halogens is 2. The molecule has 0 spiro atoms. The van der Waals surface area contributed by atoms with Gasteiger partial charge in [0.25, 0.3) is 0 Å². The van der Waals surface area contributed by atoms with Gasteiger partial charge in [0.05, 0.1) is 10.9 Å². The molecule has 0 amide bonds. The van der Waals surface area contributed by atoms with Crippen LogP contribution in [0, 0.1) is 11.6 Å². The molecule has 23 heavy (non-hydrogen) atoms. The summed E-state index contributed by atoms with van der Waals surface area (Å²) in [5, 5.41) is 11.8. The number of nitrogens with one attached hydrogen (secondary N) is 2. The molecule has 1 aliphatic rings. The SMILES string of the molecule is CC1CN(c2c(F)cc3c(=O)c(C(=O)O)c[nH]c3c2F)CCN1. The van der Waals surface area contributed by atoms with Gasteiger partial charge in [0, 0.05) is 31.9 Å². The van der Waals surface area contributed by atoms with E-state index in [2.05, 4.69) is 10.3 Å². The van der Waals surface area contributed by atoms with Crippen molar-refractivity contribution in [3.8, 4) is 0 Å². The van der Waals surface area contributed by atoms with E-state index in [0.717, 1.165) is 12.3 Å². The Morgan fingerprint density at radius 1 is 1.43 bits per heavy atom. The van der Waals surface area contributed by atoms with E-state index in [4.69, 9.17) is 5.11 Å². The van der Waals surface area contributed by atoms with Crippen molar-refractivity contribution in [1.29, 1.82) is 0 Å². The van der Waals surface area contributed by atoms with Gasteiger partial charge in [0.1, 0.15) is 17.1 Å². The van der Waals surface area contributed by atoms with Crippen molar-refractivity contribution < 1.29 is 18.7 Å². The lowest BCUT2D eigenvalue weighted by atomic mass is 10.1. The first-order chi connectivity index (χ1) is 10.9. The number of hydrogen-bond donors (Lipinski definition) is 3. The summed E-state index contributed by atoms with van der Waals surface area (Å²) in [4.78, 5) is 27.1. The van der Waals surface area contributed by atoms with Crippen molar-refractivity contribution >= 4 is 22.6 Å². The fraction of sp³-hybridized carbons (Fsp3) is 0.333. The number of aromatic carboxylic acids is 1. The number of benzene rings is 1. The normalized spacial score (nSPS) is 18.4. The first-order valence-electron chi connectivity index (χ1n) is 7.15. The van der Waals surface area contributed by atoms with Gasteiger partial charge < -0.3 is 20.3 Å². The lowest BCUT2D eigenvalue weighted by Crippen LogP contribution is -2.49. The van der Waals surface area contributed by atoms with E-state index < -0.39 is 28.6 Å². The number of carboxylic acid groups (broad SMARTS) is 1. The quantitative estimate of drug-likeness (QED) is 0.776. The van der Waals surface area contributed by atoms with E-state index in [0.29, 0.717) is 19.6 Å². The summed E-state index contributed by atoms with van der Waals surface area (Å²) in [7, 11) is 0. The first-order valence-corrected chi connectivity index (χ1v) is 7.15. The Hall–Kier alpha value is -2.48. The molecule has 2 heterocycles. The van der Waals surface area contributed by atoms with Crippen LogP contribution in [0.15, 0.2) is 17.1 Å². The Bertz CT molecular complexity index is 850. The Balaban J connectivity index is 2.21. The maximum Gasteiger partial charge on any atom is 0.341 e. The van der Waals surface area contributed by atoms with Crippen LogP contribution in [0.4, 0.5) is 14.5 Å². The van der Waals surface area contributed by atoms with Crippen molar-refractivity contribution in [2.24, 2.45) is 0 Å². The van der Waals surface area contributed by atoms with Crippen LogP contribution in [0.2, 0.25) is 0 Å². The van der Waals surface area contributed by atoms with Crippen LogP contribution in [-0.2, 0) is 0 Å². The number of aromatic nitrogens is 1. The molecule has 0 saturated carbocycles. The molecule has 1 aromatic heterocycles. The van der Waals surface area contributed by atoms with Crippen molar-refractivity contribution in [3.63, 3.8) is 0 Å². The van der Waals surface area contributed by atoms with Gasteiger partial charge in [0.15, 0.2) is 5.82 Å². The van der Waals surface area contributed by atoms with E-state index in [1.165, 1.54) is 0 Å². The molecule has 8 heteroatoms. The van der Waals surface area contributed by atoms with Gasteiger partial charge in [-0.2, -0.15) is 0 Å². The number of fused-ring (bicyclic) bond motifs is 1. The molecule has 122 valence electrons. The summed E-state index contributed by atoms with van der Waals surface area (Å²) in [5.74, 6) is -3.21. The molecule has 0 radical (unpaired) electrons. The van der Waals surface area contributed by atoms with Gasteiger partial charge in [-0.3, -0.25) is 4.79 Å². The second-order valence-electron chi connectivity index (χ2n) is 5.58. The molecule has 1 aliphatic heterocycles. The first kappa shape index (κ1) is 15.4. The fourth-order valence-electron chi connectivity index (χ4n) is 2.87. The van der Waals surface area contributed by atoms with Gasteiger partial charge in [-0.1, -0.05) is 0 Å². The van der Waals surface area contributed by atoms with E-state index in [1.807, 2.05) is 6.92 Å². The van der Waals surface area contributed by atoms with Gasteiger partial charge in [-0.25, -0.2) is 13.6 Å². The van der Waals surface area contributed by atoms with E-state index in [9.17, 15) is 18.4 Å². The Morgan fingerprint density at radius 2 is 2.17 bits per heavy atom. The molecular formula is C15H15F2N3O3. The number of piperazine rings is 1. The zero-order valence-electron chi connectivity index (χ0n) is 12.3. The number of aromatic amines is 1. The molecule has 0 aliphatic carbocycles. The summed E-state index contributed by atoms with van der Waals surface area (Å²) in [6, 6.07) is 0.970. The Kier molecular flexibility index (Phi) is 3.77. The topological polar surface area (TPSA) is 85.4 Å². The van der Waals surface area contributed by atoms with Crippen molar-refractivity contribution in [1.82, 2.24) is 10.3 Å². The van der Waals surface area contributed by atoms with Crippen LogP contribution in [0.25, 0.3) is 10.9 Å². The van der Waals surface area contributed by atoms with Crippen molar-refractivity contribution in [2.45, 2.75) is 13.0 Å². The third-order valence-electron chi connectivity index (χ3n) is 3.96. The van der Waals surface area contributed by atoms with Gasteiger partial charge in [-0.05, 0) is 13.0 Å². The number of carboxylic acids is 1. The van der Waals surface area contributed by atoms with Gasteiger partial charge in [-0.15, -0.1) is 0 Å². The zero-order chi connectivity index (χ0) is 16.7. The summed E-state index contributed by atoms with van der Waals surface area (Å²) in [5.41, 5.74) is -1.86. The standard InChI is InChI=1S/C15H15F2N3O3/c1-7-6-20(3-2-18-7)13-10(16)4-8-12(11(13)17)19-5-9(14(8)21)15(22)23/h4-5,7,18H,2-3,6H2,1H3,(H,19,21)(H,22,23). The maximum atomic E-state index is 14.7. The molecule has 0 bridgehead atoms. The molecule has 1 aromatic carbocycles. The lowest BCUT2D eigenvalue weighted by molar-refractivity contribution is 0.0695. The van der Waals surface area contributed by atoms with Crippen LogP contribution in [0.5, 0.6) is 0 Å². The molecule has 3 rings (SSSR count). The van der Waals surface area contributed by atoms with Gasteiger partial charge >= 0.3 is 5.97 Å². The van der Waals surface area contributed by atoms with Crippen LogP contribution >= 0.6 is 0 Å². The smallest absolute Gasteiger partial charge is 0.341 e. The summed E-state index contributed by atoms with van der Waals surface area (Å²) < 4.78 is 29.1. The number of rotatable bonds is 2. The van der Waals surface area contributed by atoms with Crippen molar-refractivity contribution in [3.05, 3.63) is 39.7 Å². The molecule has 1 unspecified atom stereocenters. The highest BCUT2D eigenvalue weighted by molar-refractivity contribution is 5.93. The zero-order valence-corrected chi connectivity index (χ0v) is 12.3. The predicted octanol–water partition coefficient (Wildman–Crippen LogP) is 1.30. The Morgan fingerprint density at radius 3 is 2.83 bits per heavy atom. The number of nitrogens with zero attached hydrogens (tertiary/aromatic N) is 1. The fourth-order valence-corrected chi connectivity index (χ4v) is 2.87. The summed E-state index contributed by atoms with van der Waals surface area (Å²) >= 11 is 0. The highest BCUT2D eigenvalue weighted by Gasteiger charge is 2.25. The van der Waals surface area contributed by atoms with Crippen molar-refractivity contribution in [2.75, 3.05) is 24.5 Å². The molecule has 1 atom stereocenters. The summed E-state index contributed by atoms with van der Waals surface area (Å²) in [6.45, 7) is 3.36. The largest absolute Gasteiger partial charge is 0.477 e. The minimum absolute atomic E-state index is 0.0756. The number of pyridine rings is 1. The minimum Gasteiger partial charge on any atom is -0.477 e. The maximum absolute atomic E-state index is 14.7. The van der Waals surface area contributed by atoms with Crippen LogP contribution < -0.4 is 15.6 Å². The number of H-pyrrole nitrogens is 1. The van der Waals surface area contributed by atoms with Crippen LogP contribution in [-0.4, -0.2) is 41.7 Å². The Labute approximate surface area is 129 Å². The predicted molar refractivity (Wildman–Crippen MR) is 81.1 cm³/mol. The number of carbonyl (C=O) groups is 1. The third-order valence-corrected chi connectivity index (χ3v) is 3.96. The molecular weight excluding hydrogens is 308 g/mol. The summed E-state index contributed by atoms with van der Waals surface area (Å²) in [6.07, 6.45) is 0.929. The monoisotopic (exact) mass is 323 g/mol. The molecule has 1 saturated heterocycles. The third kappa shape index (κ3) is 2.55. The average Bonchev–Trinajstić information content (AvgIpc) is 2.48. The van der Waals surface area contributed by atoms with Gasteiger partial charge in [0.2, 0.25) is 5.43 Å². The number of anilines is 1. The molecule has 6 nitrogen and oxygen atoms in total. The minimum atomic E-state index is -1.45. The van der Waals surface area contributed by atoms with E-state index in [1.54, 1.807) is 4.90 Å². The van der Waals surface area contributed by atoms with E-state index >= 15 is 0 Å². The van der Waals surface area contributed by atoms with Crippen LogP contribution in [0.3, 0.4) is 0 Å². The molecule has 3 N–H and O–H groups in total. The second-order valence-corrected chi connectivity index (χ2v) is 5.58. The second kappa shape index (κ2) is 5.62. The lowest BCUT2D eigenvalue weighted by Gasteiger charge is -2.34. The average molecular weight is 323 g/mol. The molecule has 2 aromatic rings. The van der Waals surface area contributed by atoms with Crippen LogP contribution in [0.1, 0.15) is 17.3 Å². The number of hydrogen-bond acceptors (Lipinski definition) is 4. The highest BCUT2D eigenvalue weighted by atomic mass is 19.1. The van der Waals surface area contributed by atoms with E-state index in [-0.39, 0.29) is 22.6 Å². The highest BCUT2D eigenvalue weighted by Crippen LogP contribution is 2.29. The molecule has 1 fully saturated rings.